The molecule has 1 saturated heterocycles. The molecule has 0 atom stereocenters. The number of aromatic nitrogens is 2. The molecule has 0 aromatic carbocycles. The summed E-state index contributed by atoms with van der Waals surface area (Å²) in [6.07, 6.45) is 1.25. The van der Waals surface area contributed by atoms with Gasteiger partial charge in [0.15, 0.2) is 0 Å². The molecule has 0 radical (unpaired) electrons. The lowest BCUT2D eigenvalue weighted by Gasteiger charge is -2.45. The highest BCUT2D eigenvalue weighted by Crippen LogP contribution is 2.25. The van der Waals surface area contributed by atoms with Crippen molar-refractivity contribution in [1.29, 1.82) is 0 Å². The van der Waals surface area contributed by atoms with Gasteiger partial charge in [0.25, 0.3) is 11.7 Å². The van der Waals surface area contributed by atoms with Crippen molar-refractivity contribution in [1.82, 2.24) is 15.0 Å². The Balaban J connectivity index is 2.00. The van der Waals surface area contributed by atoms with E-state index in [9.17, 15) is 9.90 Å². The van der Waals surface area contributed by atoms with Crippen LogP contribution in [-0.2, 0) is 6.42 Å². The maximum atomic E-state index is 11.8. The Morgan fingerprint density at radius 1 is 1.56 bits per heavy atom. The van der Waals surface area contributed by atoms with Gasteiger partial charge in [-0.3, -0.25) is 4.79 Å². The molecule has 1 N–H and O–H groups in total. The molecular weight excluding hydrogens is 210 g/mol. The second kappa shape index (κ2) is 3.86. The van der Waals surface area contributed by atoms with Gasteiger partial charge in [-0.1, -0.05) is 19.0 Å². The van der Waals surface area contributed by atoms with E-state index >= 15 is 0 Å². The molecule has 1 aliphatic rings. The van der Waals surface area contributed by atoms with Crippen molar-refractivity contribution >= 4 is 5.91 Å². The Kier molecular flexibility index (Phi) is 2.67. The monoisotopic (exact) mass is 225 g/mol. The van der Waals surface area contributed by atoms with Gasteiger partial charge in [0, 0.05) is 6.42 Å². The molecule has 0 saturated carbocycles. The third kappa shape index (κ3) is 1.80. The van der Waals surface area contributed by atoms with Crippen LogP contribution in [0.25, 0.3) is 0 Å². The summed E-state index contributed by atoms with van der Waals surface area (Å²) >= 11 is 0. The van der Waals surface area contributed by atoms with Gasteiger partial charge < -0.3 is 14.5 Å². The van der Waals surface area contributed by atoms with Gasteiger partial charge in [0.1, 0.15) is 0 Å². The zero-order valence-corrected chi connectivity index (χ0v) is 9.43. The molecule has 1 aromatic heterocycles. The third-order valence-electron chi connectivity index (χ3n) is 2.88. The average Bonchev–Trinajstić information content (AvgIpc) is 2.72. The number of likely N-dealkylation sites (tertiary alicyclic amines) is 1. The first-order chi connectivity index (χ1) is 7.58. The Morgan fingerprint density at radius 3 is 2.75 bits per heavy atom. The molecule has 6 heteroatoms. The smallest absolute Gasteiger partial charge is 0.295 e. The van der Waals surface area contributed by atoms with Gasteiger partial charge in [0.2, 0.25) is 5.89 Å². The molecule has 0 aliphatic carbocycles. The molecule has 0 bridgehead atoms. The van der Waals surface area contributed by atoms with Gasteiger partial charge in [-0.15, -0.1) is 0 Å². The number of rotatable bonds is 3. The summed E-state index contributed by atoms with van der Waals surface area (Å²) in [7, 11) is 0. The van der Waals surface area contributed by atoms with Gasteiger partial charge >= 0.3 is 0 Å². The van der Waals surface area contributed by atoms with Gasteiger partial charge in [-0.2, -0.15) is 4.98 Å². The van der Waals surface area contributed by atoms with Crippen LogP contribution in [0.5, 0.6) is 0 Å². The highest BCUT2D eigenvalue weighted by Gasteiger charge is 2.43. The fourth-order valence-electron chi connectivity index (χ4n) is 1.66. The molecule has 1 amide bonds. The summed E-state index contributed by atoms with van der Waals surface area (Å²) < 4.78 is 4.86. The molecule has 0 spiro atoms. The van der Waals surface area contributed by atoms with E-state index in [-0.39, 0.29) is 11.7 Å². The summed E-state index contributed by atoms with van der Waals surface area (Å²) in [5, 5.41) is 13.4. The lowest BCUT2D eigenvalue weighted by Crippen LogP contribution is -2.63. The van der Waals surface area contributed by atoms with Crippen molar-refractivity contribution in [2.75, 3.05) is 13.1 Å². The molecule has 2 heterocycles. The Morgan fingerprint density at radius 2 is 2.25 bits per heavy atom. The maximum Gasteiger partial charge on any atom is 0.295 e. The Labute approximate surface area is 93.2 Å². The normalized spacial score (nSPS) is 18.3. The standard InChI is InChI=1S/C10H15N3O3/c1-3-7-11-8(12-16-7)9(14)13-5-10(15,4-2)6-13/h15H,3-6H2,1-2H3. The van der Waals surface area contributed by atoms with Crippen LogP contribution in [0.15, 0.2) is 4.52 Å². The van der Waals surface area contributed by atoms with Gasteiger partial charge in [0.05, 0.1) is 18.7 Å². The van der Waals surface area contributed by atoms with Crippen molar-refractivity contribution in [2.45, 2.75) is 32.3 Å². The number of carbonyl (C=O) groups is 1. The van der Waals surface area contributed by atoms with Crippen LogP contribution in [0.3, 0.4) is 0 Å². The minimum absolute atomic E-state index is 0.0787. The molecule has 1 aromatic rings. The van der Waals surface area contributed by atoms with E-state index in [0.29, 0.717) is 31.8 Å². The van der Waals surface area contributed by atoms with Crippen LogP contribution in [0.1, 0.15) is 36.8 Å². The summed E-state index contributed by atoms with van der Waals surface area (Å²) in [5.74, 6) is 0.256. The number of carbonyl (C=O) groups excluding carboxylic acids is 1. The summed E-state index contributed by atoms with van der Waals surface area (Å²) in [6.45, 7) is 4.46. The third-order valence-corrected chi connectivity index (χ3v) is 2.88. The quantitative estimate of drug-likeness (QED) is 0.796. The number of hydrogen-bond donors (Lipinski definition) is 1. The lowest BCUT2D eigenvalue weighted by molar-refractivity contribution is -0.0830. The number of β-amino-alcohol motifs (C(OH)–C–C–N with tert-alkyl or cyclic N) is 1. The molecule has 1 fully saturated rings. The molecule has 2 rings (SSSR count). The number of aryl methyl sites for hydroxylation is 1. The summed E-state index contributed by atoms with van der Waals surface area (Å²) in [5.41, 5.74) is -0.729. The van der Waals surface area contributed by atoms with Crippen molar-refractivity contribution in [2.24, 2.45) is 0 Å². The Hall–Kier alpha value is -1.43. The predicted molar refractivity (Wildman–Crippen MR) is 54.8 cm³/mol. The SMILES string of the molecule is CCc1nc(C(=O)N2CC(O)(CC)C2)no1. The fourth-order valence-corrected chi connectivity index (χ4v) is 1.66. The average molecular weight is 225 g/mol. The van der Waals surface area contributed by atoms with E-state index in [0.717, 1.165) is 0 Å². The maximum absolute atomic E-state index is 11.8. The number of aliphatic hydroxyl groups is 1. The first-order valence-corrected chi connectivity index (χ1v) is 5.42. The van der Waals surface area contributed by atoms with E-state index in [4.69, 9.17) is 4.52 Å². The van der Waals surface area contributed by atoms with E-state index < -0.39 is 5.60 Å². The second-order valence-electron chi connectivity index (χ2n) is 4.10. The first kappa shape index (κ1) is 11.1. The predicted octanol–water partition coefficient (Wildman–Crippen LogP) is 0.229. The van der Waals surface area contributed by atoms with Crippen LogP contribution >= 0.6 is 0 Å². The van der Waals surface area contributed by atoms with E-state index in [1.165, 1.54) is 4.90 Å². The van der Waals surface area contributed by atoms with Crippen LogP contribution < -0.4 is 0 Å². The lowest BCUT2D eigenvalue weighted by atomic mass is 9.91. The fraction of sp³-hybridized carbons (Fsp3) is 0.700. The highest BCUT2D eigenvalue weighted by atomic mass is 16.5. The van der Waals surface area contributed by atoms with Crippen molar-refractivity contribution in [3.63, 3.8) is 0 Å². The van der Waals surface area contributed by atoms with Gasteiger partial charge in [-0.25, -0.2) is 0 Å². The number of hydrogen-bond acceptors (Lipinski definition) is 5. The van der Waals surface area contributed by atoms with Crippen LogP contribution in [0.2, 0.25) is 0 Å². The zero-order chi connectivity index (χ0) is 11.8. The van der Waals surface area contributed by atoms with Crippen LogP contribution in [-0.4, -0.2) is 44.7 Å². The van der Waals surface area contributed by atoms with E-state index in [1.54, 1.807) is 0 Å². The molecule has 16 heavy (non-hydrogen) atoms. The van der Waals surface area contributed by atoms with Crippen molar-refractivity contribution in [3.8, 4) is 0 Å². The van der Waals surface area contributed by atoms with E-state index in [1.807, 2.05) is 13.8 Å². The van der Waals surface area contributed by atoms with Crippen LogP contribution in [0.4, 0.5) is 0 Å². The molecule has 0 unspecified atom stereocenters. The zero-order valence-electron chi connectivity index (χ0n) is 9.43. The van der Waals surface area contributed by atoms with E-state index in [2.05, 4.69) is 10.1 Å². The molecule has 1 aliphatic heterocycles. The molecule has 6 nitrogen and oxygen atoms in total. The minimum Gasteiger partial charge on any atom is -0.386 e. The summed E-state index contributed by atoms with van der Waals surface area (Å²) in [6, 6.07) is 0. The highest BCUT2D eigenvalue weighted by molar-refractivity contribution is 5.91. The second-order valence-corrected chi connectivity index (χ2v) is 4.10. The molecule has 88 valence electrons. The first-order valence-electron chi connectivity index (χ1n) is 5.42. The minimum atomic E-state index is -0.729. The van der Waals surface area contributed by atoms with Crippen molar-refractivity contribution in [3.05, 3.63) is 11.7 Å². The summed E-state index contributed by atoms with van der Waals surface area (Å²) in [4.78, 5) is 17.3. The Bertz CT molecular complexity index is 396. The van der Waals surface area contributed by atoms with Crippen LogP contribution in [0, 0.1) is 0 Å². The van der Waals surface area contributed by atoms with Gasteiger partial charge in [-0.05, 0) is 6.42 Å². The van der Waals surface area contributed by atoms with Crippen molar-refractivity contribution < 1.29 is 14.4 Å². The molecular formula is C10H15N3O3. The number of nitrogens with zero attached hydrogens (tertiary/aromatic N) is 3. The topological polar surface area (TPSA) is 79.5 Å². The number of amides is 1. The largest absolute Gasteiger partial charge is 0.386 e.